The zero-order valence-electron chi connectivity index (χ0n) is 12.1. The van der Waals surface area contributed by atoms with E-state index in [0.717, 1.165) is 30.2 Å². The van der Waals surface area contributed by atoms with Crippen LogP contribution in [-0.2, 0) is 6.54 Å². The predicted molar refractivity (Wildman–Crippen MR) is 86.8 cm³/mol. The van der Waals surface area contributed by atoms with Gasteiger partial charge in [0.1, 0.15) is 5.82 Å². The van der Waals surface area contributed by atoms with Crippen LogP contribution in [0.5, 0.6) is 0 Å². The normalized spacial score (nSPS) is 10.7. The Morgan fingerprint density at radius 3 is 2.62 bits per heavy atom. The number of H-pyrrole nitrogens is 1. The predicted octanol–water partition coefficient (Wildman–Crippen LogP) is 3.85. The Morgan fingerprint density at radius 2 is 1.81 bits per heavy atom. The number of aromatic nitrogens is 2. The van der Waals surface area contributed by atoms with E-state index < -0.39 is 0 Å². The standard InChI is InChI=1S/C18H19N3/c1-2-19-12-14-7-6-10-16(11-14)17-13-20-18(21-17)15-8-4-3-5-9-15/h3-11,13,19H,2,12H2,1H3,(H,20,21). The minimum absolute atomic E-state index is 0.893. The number of nitrogens with zero attached hydrogens (tertiary/aromatic N) is 1. The molecule has 3 heteroatoms. The second-order valence-corrected chi connectivity index (χ2v) is 4.99. The van der Waals surface area contributed by atoms with E-state index in [9.17, 15) is 0 Å². The number of hydrogen-bond donors (Lipinski definition) is 2. The molecule has 0 spiro atoms. The Balaban J connectivity index is 1.86. The minimum Gasteiger partial charge on any atom is -0.338 e. The number of nitrogens with one attached hydrogen (secondary N) is 2. The lowest BCUT2D eigenvalue weighted by Gasteiger charge is -2.04. The lowest BCUT2D eigenvalue weighted by molar-refractivity contribution is 0.727. The van der Waals surface area contributed by atoms with Crippen LogP contribution in [-0.4, -0.2) is 16.5 Å². The van der Waals surface area contributed by atoms with Crippen molar-refractivity contribution in [2.75, 3.05) is 6.54 Å². The third-order valence-corrected chi connectivity index (χ3v) is 3.44. The van der Waals surface area contributed by atoms with E-state index in [2.05, 4.69) is 58.6 Å². The maximum atomic E-state index is 4.48. The lowest BCUT2D eigenvalue weighted by atomic mass is 10.1. The van der Waals surface area contributed by atoms with Gasteiger partial charge in [-0.3, -0.25) is 0 Å². The lowest BCUT2D eigenvalue weighted by Crippen LogP contribution is -2.11. The quantitative estimate of drug-likeness (QED) is 0.743. The highest BCUT2D eigenvalue weighted by Gasteiger charge is 2.05. The molecule has 21 heavy (non-hydrogen) atoms. The maximum absolute atomic E-state index is 4.48. The van der Waals surface area contributed by atoms with Gasteiger partial charge in [-0.05, 0) is 23.7 Å². The molecule has 2 N–H and O–H groups in total. The number of benzene rings is 2. The van der Waals surface area contributed by atoms with E-state index in [-0.39, 0.29) is 0 Å². The third-order valence-electron chi connectivity index (χ3n) is 3.44. The van der Waals surface area contributed by atoms with Gasteiger partial charge >= 0.3 is 0 Å². The van der Waals surface area contributed by atoms with E-state index in [1.807, 2.05) is 24.4 Å². The average molecular weight is 277 g/mol. The minimum atomic E-state index is 0.893. The van der Waals surface area contributed by atoms with Gasteiger partial charge in [-0.2, -0.15) is 0 Å². The molecule has 0 fully saturated rings. The van der Waals surface area contributed by atoms with Crippen molar-refractivity contribution in [3.63, 3.8) is 0 Å². The summed E-state index contributed by atoms with van der Waals surface area (Å²) in [6, 6.07) is 18.7. The highest BCUT2D eigenvalue weighted by Crippen LogP contribution is 2.22. The Kier molecular flexibility index (Phi) is 4.12. The second kappa shape index (κ2) is 6.37. The summed E-state index contributed by atoms with van der Waals surface area (Å²) in [6.07, 6.45) is 1.90. The fraction of sp³-hybridized carbons (Fsp3) is 0.167. The maximum Gasteiger partial charge on any atom is 0.137 e. The zero-order chi connectivity index (χ0) is 14.5. The molecule has 2 aromatic carbocycles. The summed E-state index contributed by atoms with van der Waals surface area (Å²) in [7, 11) is 0. The van der Waals surface area contributed by atoms with Gasteiger partial charge in [-0.1, -0.05) is 55.5 Å². The molecule has 0 aliphatic rings. The number of imidazole rings is 1. The molecule has 1 aromatic heterocycles. The fourth-order valence-electron chi connectivity index (χ4n) is 2.33. The summed E-state index contributed by atoms with van der Waals surface area (Å²) in [4.78, 5) is 7.88. The van der Waals surface area contributed by atoms with Gasteiger partial charge in [0, 0.05) is 12.1 Å². The molecule has 0 radical (unpaired) electrons. The summed E-state index contributed by atoms with van der Waals surface area (Å²) < 4.78 is 0. The largest absolute Gasteiger partial charge is 0.338 e. The van der Waals surface area contributed by atoms with Crippen molar-refractivity contribution in [3.8, 4) is 22.6 Å². The molecule has 3 aromatic rings. The highest BCUT2D eigenvalue weighted by atomic mass is 14.9. The van der Waals surface area contributed by atoms with Gasteiger partial charge in [0.25, 0.3) is 0 Å². The molecule has 1 heterocycles. The molecule has 3 rings (SSSR count). The van der Waals surface area contributed by atoms with E-state index in [1.54, 1.807) is 0 Å². The van der Waals surface area contributed by atoms with E-state index in [0.29, 0.717) is 0 Å². The van der Waals surface area contributed by atoms with Crippen LogP contribution in [0.1, 0.15) is 12.5 Å². The summed E-state index contributed by atoms with van der Waals surface area (Å²) in [5, 5.41) is 3.35. The molecular weight excluding hydrogens is 258 g/mol. The van der Waals surface area contributed by atoms with Crippen LogP contribution in [0.4, 0.5) is 0 Å². The van der Waals surface area contributed by atoms with Crippen molar-refractivity contribution >= 4 is 0 Å². The van der Waals surface area contributed by atoms with Gasteiger partial charge < -0.3 is 10.3 Å². The molecule has 0 bridgehead atoms. The Morgan fingerprint density at radius 1 is 1.00 bits per heavy atom. The van der Waals surface area contributed by atoms with Gasteiger partial charge in [0.2, 0.25) is 0 Å². The Labute approximate surface area is 125 Å². The molecule has 0 aliphatic carbocycles. The second-order valence-electron chi connectivity index (χ2n) is 4.99. The van der Waals surface area contributed by atoms with Crippen molar-refractivity contribution in [1.29, 1.82) is 0 Å². The van der Waals surface area contributed by atoms with Crippen LogP contribution in [0.2, 0.25) is 0 Å². The first-order chi connectivity index (χ1) is 10.4. The molecule has 0 aliphatic heterocycles. The van der Waals surface area contributed by atoms with Crippen molar-refractivity contribution in [1.82, 2.24) is 15.3 Å². The topological polar surface area (TPSA) is 40.7 Å². The number of hydrogen-bond acceptors (Lipinski definition) is 2. The van der Waals surface area contributed by atoms with Crippen LogP contribution in [0.3, 0.4) is 0 Å². The summed E-state index contributed by atoms with van der Waals surface area (Å²) >= 11 is 0. The van der Waals surface area contributed by atoms with E-state index in [1.165, 1.54) is 11.1 Å². The van der Waals surface area contributed by atoms with Gasteiger partial charge in [-0.15, -0.1) is 0 Å². The molecule has 3 nitrogen and oxygen atoms in total. The molecule has 106 valence electrons. The molecule has 0 saturated heterocycles. The average Bonchev–Trinajstić information content (AvgIpc) is 3.04. The fourth-order valence-corrected chi connectivity index (χ4v) is 2.33. The first-order valence-electron chi connectivity index (χ1n) is 7.27. The van der Waals surface area contributed by atoms with Crippen molar-refractivity contribution in [2.24, 2.45) is 0 Å². The van der Waals surface area contributed by atoms with Crippen LogP contribution in [0.15, 0.2) is 60.8 Å². The van der Waals surface area contributed by atoms with Gasteiger partial charge in [0.05, 0.1) is 11.9 Å². The Bertz CT molecular complexity index is 701. The molecule has 0 atom stereocenters. The van der Waals surface area contributed by atoms with Gasteiger partial charge in [-0.25, -0.2) is 4.98 Å². The monoisotopic (exact) mass is 277 g/mol. The van der Waals surface area contributed by atoms with Crippen molar-refractivity contribution in [2.45, 2.75) is 13.5 Å². The third kappa shape index (κ3) is 3.20. The summed E-state index contributed by atoms with van der Waals surface area (Å²) in [6.45, 7) is 3.99. The smallest absolute Gasteiger partial charge is 0.137 e. The molecule has 0 unspecified atom stereocenters. The molecular formula is C18H19N3. The zero-order valence-corrected chi connectivity index (χ0v) is 12.1. The van der Waals surface area contributed by atoms with Crippen LogP contribution >= 0.6 is 0 Å². The van der Waals surface area contributed by atoms with E-state index in [4.69, 9.17) is 0 Å². The van der Waals surface area contributed by atoms with Crippen molar-refractivity contribution in [3.05, 3.63) is 66.4 Å². The number of rotatable bonds is 5. The first kappa shape index (κ1) is 13.6. The van der Waals surface area contributed by atoms with E-state index >= 15 is 0 Å². The van der Waals surface area contributed by atoms with Crippen LogP contribution in [0.25, 0.3) is 22.6 Å². The Hall–Kier alpha value is -2.39. The molecule has 0 saturated carbocycles. The SMILES string of the molecule is CCNCc1cccc(-c2cnc(-c3ccccc3)[nH]2)c1. The summed E-state index contributed by atoms with van der Waals surface area (Å²) in [5.74, 6) is 0.905. The highest BCUT2D eigenvalue weighted by molar-refractivity contribution is 5.64. The van der Waals surface area contributed by atoms with Crippen molar-refractivity contribution < 1.29 is 0 Å². The first-order valence-corrected chi connectivity index (χ1v) is 7.27. The molecule has 0 amide bonds. The summed E-state index contributed by atoms with van der Waals surface area (Å²) in [5.41, 5.74) is 4.60. The van der Waals surface area contributed by atoms with Gasteiger partial charge in [0.15, 0.2) is 0 Å². The van der Waals surface area contributed by atoms with Crippen LogP contribution < -0.4 is 5.32 Å². The van der Waals surface area contributed by atoms with Crippen LogP contribution in [0, 0.1) is 0 Å². The number of aromatic amines is 1.